The number of fused-ring (bicyclic) bond motifs is 1. The first-order valence-corrected chi connectivity index (χ1v) is 12.3. The van der Waals surface area contributed by atoms with Crippen molar-refractivity contribution in [3.63, 3.8) is 0 Å². The maximum Gasteiger partial charge on any atom is 0.251 e. The fraction of sp³-hybridized carbons (Fsp3) is 0.393. The second-order valence-corrected chi connectivity index (χ2v) is 9.97. The number of nitrogens with zero attached hydrogens (tertiary/aromatic N) is 2. The summed E-state index contributed by atoms with van der Waals surface area (Å²) >= 11 is 0. The van der Waals surface area contributed by atoms with Crippen LogP contribution in [0.2, 0.25) is 0 Å². The Morgan fingerprint density at radius 1 is 1.11 bits per heavy atom. The number of rotatable bonds is 7. The first-order valence-electron chi connectivity index (χ1n) is 12.3. The van der Waals surface area contributed by atoms with E-state index < -0.39 is 11.4 Å². The summed E-state index contributed by atoms with van der Waals surface area (Å²) in [7, 11) is 2.04. The van der Waals surface area contributed by atoms with E-state index in [-0.39, 0.29) is 24.4 Å². The number of hydrogen-bond donors (Lipinski definition) is 3. The molecule has 2 atom stereocenters. The Balaban J connectivity index is 1.46. The van der Waals surface area contributed by atoms with Crippen LogP contribution in [-0.2, 0) is 11.4 Å². The van der Waals surface area contributed by atoms with Crippen LogP contribution in [0.25, 0.3) is 10.9 Å². The zero-order valence-electron chi connectivity index (χ0n) is 21.2. The minimum atomic E-state index is -0.745. The highest BCUT2D eigenvalue weighted by Crippen LogP contribution is 2.33. The number of piperidine rings is 1. The molecule has 1 fully saturated rings. The van der Waals surface area contributed by atoms with Gasteiger partial charge in [0.15, 0.2) is 0 Å². The average molecular weight is 491 g/mol. The largest absolute Gasteiger partial charge is 0.489 e. The van der Waals surface area contributed by atoms with Gasteiger partial charge in [0.25, 0.3) is 5.91 Å². The van der Waals surface area contributed by atoms with Crippen LogP contribution in [0.1, 0.15) is 54.7 Å². The number of ether oxygens (including phenoxy) is 1. The number of pyridine rings is 1. The summed E-state index contributed by atoms with van der Waals surface area (Å²) < 4.78 is 6.02. The second kappa shape index (κ2) is 10.6. The number of hydroxylamine groups is 1. The molecule has 0 saturated carbocycles. The van der Waals surface area contributed by atoms with Crippen LogP contribution < -0.4 is 15.5 Å². The third kappa shape index (κ3) is 5.66. The molecule has 1 aliphatic heterocycles. The lowest BCUT2D eigenvalue weighted by molar-refractivity contribution is -0.131. The zero-order chi connectivity index (χ0) is 25.9. The first kappa shape index (κ1) is 25.6. The number of nitrogens with one attached hydrogen (secondary N) is 2. The molecular formula is C28H34N4O4. The van der Waals surface area contributed by atoms with Gasteiger partial charge in [0.2, 0.25) is 5.91 Å². The predicted octanol–water partition coefficient (Wildman–Crippen LogP) is 3.99. The van der Waals surface area contributed by atoms with Crippen molar-refractivity contribution >= 4 is 22.7 Å². The Labute approximate surface area is 211 Å². The molecule has 190 valence electrons. The summed E-state index contributed by atoms with van der Waals surface area (Å²) in [6.07, 6.45) is 1.22. The van der Waals surface area contributed by atoms with Crippen molar-refractivity contribution in [2.45, 2.75) is 64.3 Å². The van der Waals surface area contributed by atoms with E-state index in [2.05, 4.69) is 29.0 Å². The summed E-state index contributed by atoms with van der Waals surface area (Å²) in [4.78, 5) is 32.1. The Hall–Kier alpha value is -3.49. The Morgan fingerprint density at radius 3 is 2.44 bits per heavy atom. The van der Waals surface area contributed by atoms with Gasteiger partial charge < -0.3 is 15.0 Å². The highest BCUT2D eigenvalue weighted by molar-refractivity contribution is 5.95. The van der Waals surface area contributed by atoms with E-state index >= 15 is 0 Å². The van der Waals surface area contributed by atoms with Gasteiger partial charge in [0, 0.05) is 34.3 Å². The van der Waals surface area contributed by atoms with Crippen molar-refractivity contribution in [3.05, 3.63) is 71.4 Å². The summed E-state index contributed by atoms with van der Waals surface area (Å²) in [5.74, 6) is -0.116. The van der Waals surface area contributed by atoms with Crippen molar-refractivity contribution < 1.29 is 19.5 Å². The molecular weight excluding hydrogens is 456 g/mol. The van der Waals surface area contributed by atoms with Crippen LogP contribution in [0.4, 0.5) is 0 Å². The molecule has 2 unspecified atom stereocenters. The first-order chi connectivity index (χ1) is 17.2. The molecule has 2 aromatic carbocycles. The molecule has 2 heterocycles. The topological polar surface area (TPSA) is 104 Å². The van der Waals surface area contributed by atoms with E-state index in [0.717, 1.165) is 22.2 Å². The van der Waals surface area contributed by atoms with Gasteiger partial charge in [-0.25, -0.2) is 5.48 Å². The summed E-state index contributed by atoms with van der Waals surface area (Å²) in [5.41, 5.74) is 4.37. The standard InChI is InChI=1S/C28H34N4O4/c1-18-13-22(24-7-5-6-8-25(24)29-18)17-36-23-11-9-21(10-12-23)27(34)30-28(16-26(33)31-35)14-19(2)32(4)20(3)15-28/h5-13,19-20,35H,14-17H2,1-4H3,(H,30,34)(H,31,33). The molecule has 1 aliphatic rings. The number of hydrogen-bond acceptors (Lipinski definition) is 6. The van der Waals surface area contributed by atoms with Crippen molar-refractivity contribution in [3.8, 4) is 5.75 Å². The normalized spacial score (nSPS) is 22.2. The van der Waals surface area contributed by atoms with Crippen LogP contribution in [0.3, 0.4) is 0 Å². The van der Waals surface area contributed by atoms with Gasteiger partial charge in [-0.3, -0.25) is 19.8 Å². The summed E-state index contributed by atoms with van der Waals surface area (Å²) in [5, 5.41) is 13.3. The maximum atomic E-state index is 13.2. The van der Waals surface area contributed by atoms with Gasteiger partial charge in [0.1, 0.15) is 12.4 Å². The Morgan fingerprint density at radius 2 is 1.78 bits per heavy atom. The third-order valence-electron chi connectivity index (χ3n) is 7.21. The number of aromatic nitrogens is 1. The number of carbonyl (C=O) groups is 2. The quantitative estimate of drug-likeness (QED) is 0.342. The zero-order valence-corrected chi connectivity index (χ0v) is 21.2. The lowest BCUT2D eigenvalue weighted by Gasteiger charge is -2.48. The second-order valence-electron chi connectivity index (χ2n) is 9.97. The molecule has 0 aliphatic carbocycles. The van der Waals surface area contributed by atoms with E-state index in [9.17, 15) is 9.59 Å². The Bertz CT molecular complexity index is 1230. The summed E-state index contributed by atoms with van der Waals surface area (Å²) in [6, 6.07) is 17.3. The fourth-order valence-corrected chi connectivity index (χ4v) is 5.27. The molecule has 8 nitrogen and oxygen atoms in total. The Kier molecular flexibility index (Phi) is 7.56. The number of carbonyl (C=O) groups excluding carboxylic acids is 2. The SMILES string of the molecule is Cc1cc(COc2ccc(C(=O)NC3(CC(=O)NO)CC(C)N(C)C(C)C3)cc2)c2ccccc2n1. The van der Waals surface area contributed by atoms with E-state index in [1.54, 1.807) is 29.7 Å². The highest BCUT2D eigenvalue weighted by Gasteiger charge is 2.43. The minimum Gasteiger partial charge on any atom is -0.489 e. The highest BCUT2D eigenvalue weighted by atomic mass is 16.5. The predicted molar refractivity (Wildman–Crippen MR) is 138 cm³/mol. The van der Waals surface area contributed by atoms with Gasteiger partial charge in [0.05, 0.1) is 17.5 Å². The van der Waals surface area contributed by atoms with Crippen molar-refractivity contribution in [2.24, 2.45) is 0 Å². The lowest BCUT2D eigenvalue weighted by Crippen LogP contribution is -2.61. The van der Waals surface area contributed by atoms with Crippen LogP contribution >= 0.6 is 0 Å². The fourth-order valence-electron chi connectivity index (χ4n) is 5.27. The molecule has 2 amide bonds. The number of benzene rings is 2. The van der Waals surface area contributed by atoms with E-state index in [1.165, 1.54) is 0 Å². The van der Waals surface area contributed by atoms with Crippen LogP contribution in [0.5, 0.6) is 5.75 Å². The van der Waals surface area contributed by atoms with Crippen LogP contribution in [0.15, 0.2) is 54.6 Å². The molecule has 0 bridgehead atoms. The molecule has 8 heteroatoms. The lowest BCUT2D eigenvalue weighted by atomic mass is 9.77. The molecule has 3 aromatic rings. The molecule has 0 spiro atoms. The van der Waals surface area contributed by atoms with Gasteiger partial charge in [-0.2, -0.15) is 0 Å². The summed E-state index contributed by atoms with van der Waals surface area (Å²) in [6.45, 7) is 6.50. The number of aryl methyl sites for hydroxylation is 1. The maximum absolute atomic E-state index is 13.2. The monoisotopic (exact) mass is 490 g/mol. The number of likely N-dealkylation sites (tertiary alicyclic amines) is 1. The minimum absolute atomic E-state index is 0.0122. The van der Waals surface area contributed by atoms with E-state index in [1.807, 2.05) is 44.3 Å². The van der Waals surface area contributed by atoms with E-state index in [4.69, 9.17) is 9.94 Å². The molecule has 1 saturated heterocycles. The number of amides is 2. The molecule has 3 N–H and O–H groups in total. The van der Waals surface area contributed by atoms with Crippen molar-refractivity contribution in [2.75, 3.05) is 7.05 Å². The number of para-hydroxylation sites is 1. The van der Waals surface area contributed by atoms with Crippen molar-refractivity contribution in [1.29, 1.82) is 0 Å². The van der Waals surface area contributed by atoms with Crippen LogP contribution in [0, 0.1) is 6.92 Å². The molecule has 1 aromatic heterocycles. The third-order valence-corrected chi connectivity index (χ3v) is 7.21. The van der Waals surface area contributed by atoms with Gasteiger partial charge >= 0.3 is 0 Å². The van der Waals surface area contributed by atoms with Crippen molar-refractivity contribution in [1.82, 2.24) is 20.7 Å². The molecule has 0 radical (unpaired) electrons. The smallest absolute Gasteiger partial charge is 0.251 e. The molecule has 4 rings (SSSR count). The van der Waals surface area contributed by atoms with E-state index in [0.29, 0.717) is 30.8 Å². The van der Waals surface area contributed by atoms with Gasteiger partial charge in [-0.1, -0.05) is 18.2 Å². The van der Waals surface area contributed by atoms with Crippen LogP contribution in [-0.4, -0.2) is 51.6 Å². The van der Waals surface area contributed by atoms with Gasteiger partial charge in [-0.05, 0) is 77.1 Å². The average Bonchev–Trinajstić information content (AvgIpc) is 2.85. The molecule has 36 heavy (non-hydrogen) atoms. The van der Waals surface area contributed by atoms with Gasteiger partial charge in [-0.15, -0.1) is 0 Å².